The molecule has 1 saturated heterocycles. The topological polar surface area (TPSA) is 88.4 Å². The molecule has 1 spiro atoms. The fourth-order valence-corrected chi connectivity index (χ4v) is 6.68. The third kappa shape index (κ3) is 4.70. The molecule has 3 heterocycles. The number of nitrogens with one attached hydrogen (secondary N) is 1. The van der Waals surface area contributed by atoms with E-state index in [1.54, 1.807) is 38.4 Å². The number of ether oxygens (including phenoxy) is 3. The van der Waals surface area contributed by atoms with Crippen molar-refractivity contribution < 1.29 is 28.5 Å². The number of benzene rings is 3. The van der Waals surface area contributed by atoms with Crippen LogP contribution in [0.4, 0.5) is 14.9 Å². The SMILES string of the molecule is COc1cc(CN2CC3(CN(C(=O)Nc4cccc(F)c4)C3)c3c(n(C)c4cc(OC)ccc34)[C@@H]2CO)cc(OC)c1. The van der Waals surface area contributed by atoms with Gasteiger partial charge in [-0.3, -0.25) is 4.90 Å². The molecule has 220 valence electrons. The number of hydrogen-bond acceptors (Lipinski definition) is 6. The normalized spacial score (nSPS) is 17.6. The Morgan fingerprint density at radius 2 is 1.69 bits per heavy atom. The van der Waals surface area contributed by atoms with E-state index in [1.807, 2.05) is 37.4 Å². The van der Waals surface area contributed by atoms with Crippen molar-refractivity contribution in [1.29, 1.82) is 0 Å². The quantitative estimate of drug-likeness (QED) is 0.334. The van der Waals surface area contributed by atoms with Crippen LogP contribution in [0.2, 0.25) is 0 Å². The van der Waals surface area contributed by atoms with E-state index in [4.69, 9.17) is 14.2 Å². The summed E-state index contributed by atoms with van der Waals surface area (Å²) < 4.78 is 32.4. The number of amides is 2. The molecule has 9 nitrogen and oxygen atoms in total. The molecule has 1 atom stereocenters. The summed E-state index contributed by atoms with van der Waals surface area (Å²) in [5.41, 5.74) is 4.20. The van der Waals surface area contributed by atoms with E-state index >= 15 is 0 Å². The van der Waals surface area contributed by atoms with Crippen LogP contribution in [0, 0.1) is 5.82 Å². The third-order valence-electron chi connectivity index (χ3n) is 8.57. The maximum absolute atomic E-state index is 13.7. The molecular formula is C32H35FN4O5. The number of likely N-dealkylation sites (tertiary alicyclic amines) is 1. The first-order valence-corrected chi connectivity index (χ1v) is 13.8. The second kappa shape index (κ2) is 10.8. The predicted octanol–water partition coefficient (Wildman–Crippen LogP) is 4.68. The number of nitrogens with zero attached hydrogens (tertiary/aromatic N) is 3. The molecule has 0 saturated carbocycles. The summed E-state index contributed by atoms with van der Waals surface area (Å²) in [6.45, 7) is 2.04. The Bertz CT molecular complexity index is 1630. The van der Waals surface area contributed by atoms with E-state index in [-0.39, 0.29) is 24.1 Å². The number of aliphatic hydroxyl groups excluding tert-OH is 1. The van der Waals surface area contributed by atoms with Crippen molar-refractivity contribution in [2.75, 3.05) is 52.9 Å². The highest BCUT2D eigenvalue weighted by Gasteiger charge is 2.54. The van der Waals surface area contributed by atoms with Gasteiger partial charge in [0.05, 0.1) is 39.5 Å². The monoisotopic (exact) mass is 574 g/mol. The Labute approximate surface area is 244 Å². The molecule has 2 aliphatic heterocycles. The molecule has 2 amide bonds. The third-order valence-corrected chi connectivity index (χ3v) is 8.57. The summed E-state index contributed by atoms with van der Waals surface area (Å²) in [6, 6.07) is 17.2. The first-order chi connectivity index (χ1) is 20.3. The Morgan fingerprint density at radius 1 is 0.976 bits per heavy atom. The van der Waals surface area contributed by atoms with Gasteiger partial charge in [-0.05, 0) is 53.6 Å². The van der Waals surface area contributed by atoms with Crippen molar-refractivity contribution in [2.45, 2.75) is 18.0 Å². The van der Waals surface area contributed by atoms with Gasteiger partial charge in [-0.15, -0.1) is 0 Å². The Hall–Kier alpha value is -4.28. The summed E-state index contributed by atoms with van der Waals surface area (Å²) in [7, 11) is 6.91. The van der Waals surface area contributed by atoms with Gasteiger partial charge < -0.3 is 34.1 Å². The fraction of sp³-hybridized carbons (Fsp3) is 0.344. The summed E-state index contributed by atoms with van der Waals surface area (Å²) >= 11 is 0. The fourth-order valence-electron chi connectivity index (χ4n) is 6.68. The minimum absolute atomic E-state index is 0.0742. The van der Waals surface area contributed by atoms with Crippen LogP contribution in [-0.2, 0) is 19.0 Å². The van der Waals surface area contributed by atoms with Crippen molar-refractivity contribution in [3.63, 3.8) is 0 Å². The molecule has 2 N–H and O–H groups in total. The maximum Gasteiger partial charge on any atom is 0.321 e. The molecule has 0 bridgehead atoms. The van der Waals surface area contributed by atoms with Crippen molar-refractivity contribution in [2.24, 2.45) is 7.05 Å². The summed E-state index contributed by atoms with van der Waals surface area (Å²) in [5, 5.41) is 14.7. The van der Waals surface area contributed by atoms with Crippen LogP contribution >= 0.6 is 0 Å². The van der Waals surface area contributed by atoms with Crippen molar-refractivity contribution in [3.8, 4) is 17.2 Å². The van der Waals surface area contributed by atoms with Gasteiger partial charge in [0.1, 0.15) is 23.1 Å². The lowest BCUT2D eigenvalue weighted by Crippen LogP contribution is -2.68. The summed E-state index contributed by atoms with van der Waals surface area (Å²) in [4.78, 5) is 17.2. The number of aliphatic hydroxyl groups is 1. The number of hydrogen-bond donors (Lipinski definition) is 2. The van der Waals surface area contributed by atoms with E-state index in [1.165, 1.54) is 12.1 Å². The molecule has 4 aromatic rings. The lowest BCUT2D eigenvalue weighted by atomic mass is 9.68. The number of fused-ring (bicyclic) bond motifs is 4. The number of halogens is 1. The van der Waals surface area contributed by atoms with Gasteiger partial charge in [0.25, 0.3) is 0 Å². The Morgan fingerprint density at radius 3 is 2.33 bits per heavy atom. The number of aryl methyl sites for hydroxylation is 1. The van der Waals surface area contributed by atoms with E-state index < -0.39 is 5.82 Å². The summed E-state index contributed by atoms with van der Waals surface area (Å²) in [5.74, 6) is 1.73. The van der Waals surface area contributed by atoms with Gasteiger partial charge in [-0.1, -0.05) is 6.07 Å². The van der Waals surface area contributed by atoms with Gasteiger partial charge in [-0.2, -0.15) is 0 Å². The molecule has 0 radical (unpaired) electrons. The van der Waals surface area contributed by atoms with Gasteiger partial charge in [-0.25, -0.2) is 9.18 Å². The average Bonchev–Trinajstić information content (AvgIpc) is 3.27. The molecule has 0 unspecified atom stereocenters. The van der Waals surface area contributed by atoms with Crippen LogP contribution in [0.5, 0.6) is 17.2 Å². The molecule has 6 rings (SSSR count). The zero-order valence-corrected chi connectivity index (χ0v) is 24.2. The zero-order valence-electron chi connectivity index (χ0n) is 24.2. The summed E-state index contributed by atoms with van der Waals surface area (Å²) in [6.07, 6.45) is 0. The first kappa shape index (κ1) is 27.9. The molecule has 1 fully saturated rings. The highest BCUT2D eigenvalue weighted by molar-refractivity contribution is 5.92. The smallest absolute Gasteiger partial charge is 0.321 e. The number of carbonyl (C=O) groups excluding carboxylic acids is 1. The molecular weight excluding hydrogens is 539 g/mol. The number of methoxy groups -OCH3 is 3. The van der Waals surface area contributed by atoms with Gasteiger partial charge in [0.15, 0.2) is 0 Å². The minimum atomic E-state index is -0.407. The number of anilines is 1. The Balaban J connectivity index is 1.39. The molecule has 0 aliphatic carbocycles. The van der Waals surface area contributed by atoms with Crippen LogP contribution in [0.3, 0.4) is 0 Å². The maximum atomic E-state index is 13.7. The van der Waals surface area contributed by atoms with Crippen LogP contribution in [-0.4, -0.2) is 73.1 Å². The largest absolute Gasteiger partial charge is 0.497 e. The number of aromatic nitrogens is 1. The first-order valence-electron chi connectivity index (χ1n) is 13.8. The predicted molar refractivity (Wildman–Crippen MR) is 158 cm³/mol. The second-order valence-electron chi connectivity index (χ2n) is 11.1. The number of carbonyl (C=O) groups is 1. The van der Waals surface area contributed by atoms with Crippen LogP contribution in [0.25, 0.3) is 10.9 Å². The van der Waals surface area contributed by atoms with Crippen LogP contribution in [0.15, 0.2) is 60.7 Å². The molecule has 42 heavy (non-hydrogen) atoms. The standard InChI is InChI=1S/C32H35FN4O5/c1-35-27-14-23(40-2)8-9-26(27)29-30(35)28(16-38)36(15-20-10-24(41-3)13-25(11-20)42-4)17-32(29)18-37(19-32)31(39)34-22-7-5-6-21(33)12-22/h5-14,28,38H,15-19H2,1-4H3,(H,34,39)/t28-/m0/s1. The lowest BCUT2D eigenvalue weighted by Gasteiger charge is -2.56. The molecule has 3 aromatic carbocycles. The van der Waals surface area contributed by atoms with Crippen molar-refractivity contribution >= 4 is 22.6 Å². The van der Waals surface area contributed by atoms with Crippen molar-refractivity contribution in [1.82, 2.24) is 14.4 Å². The van der Waals surface area contributed by atoms with Gasteiger partial charge in [0, 0.05) is 67.5 Å². The zero-order chi connectivity index (χ0) is 29.6. The van der Waals surface area contributed by atoms with Crippen LogP contribution in [0.1, 0.15) is 22.9 Å². The highest BCUT2D eigenvalue weighted by Crippen LogP contribution is 2.50. The minimum Gasteiger partial charge on any atom is -0.497 e. The lowest BCUT2D eigenvalue weighted by molar-refractivity contribution is 0.0110. The number of urea groups is 1. The van der Waals surface area contributed by atoms with E-state index in [0.717, 1.165) is 33.5 Å². The number of rotatable bonds is 7. The highest BCUT2D eigenvalue weighted by atomic mass is 19.1. The van der Waals surface area contributed by atoms with E-state index in [0.29, 0.717) is 43.4 Å². The van der Waals surface area contributed by atoms with Crippen LogP contribution < -0.4 is 19.5 Å². The molecule has 10 heteroatoms. The second-order valence-corrected chi connectivity index (χ2v) is 11.1. The Kier molecular flexibility index (Phi) is 7.20. The average molecular weight is 575 g/mol. The molecule has 2 aliphatic rings. The van der Waals surface area contributed by atoms with Gasteiger partial charge in [0.2, 0.25) is 0 Å². The van der Waals surface area contributed by atoms with Crippen molar-refractivity contribution in [3.05, 3.63) is 83.3 Å². The van der Waals surface area contributed by atoms with E-state index in [2.05, 4.69) is 20.9 Å². The van der Waals surface area contributed by atoms with Gasteiger partial charge >= 0.3 is 6.03 Å². The molecule has 1 aromatic heterocycles. The van der Waals surface area contributed by atoms with E-state index in [9.17, 15) is 14.3 Å².